The van der Waals surface area contributed by atoms with Crippen molar-refractivity contribution in [1.29, 1.82) is 0 Å². The molecular formula is Cl4F2N3P3. The Bertz CT molecular complexity index is 280. The van der Waals surface area contributed by atoms with Crippen molar-refractivity contribution >= 4 is 64.6 Å². The normalized spacial score (nSPS) is 29.5. The van der Waals surface area contributed by atoms with Gasteiger partial charge < -0.3 is 0 Å². The summed E-state index contributed by atoms with van der Waals surface area (Å²) in [4.78, 5) is 0. The Balaban J connectivity index is 3.46. The highest BCUT2D eigenvalue weighted by molar-refractivity contribution is 8.20. The van der Waals surface area contributed by atoms with Gasteiger partial charge >= 0.3 is 7.83 Å². The van der Waals surface area contributed by atoms with Gasteiger partial charge in [0.1, 0.15) is 0 Å². The van der Waals surface area contributed by atoms with Crippen LogP contribution in [0.3, 0.4) is 0 Å². The summed E-state index contributed by atoms with van der Waals surface area (Å²) < 4.78 is 34.2. The molecule has 0 fully saturated rings. The Kier molecular flexibility index (Phi) is 3.32. The molecule has 1 heterocycles. The molecule has 0 aromatic rings. The Morgan fingerprint density at radius 2 is 1.17 bits per heavy atom. The molecule has 0 amide bonds. The van der Waals surface area contributed by atoms with E-state index in [0.717, 1.165) is 0 Å². The summed E-state index contributed by atoms with van der Waals surface area (Å²) in [5, 5.41) is 0. The second-order valence-corrected chi connectivity index (χ2v) is 13.2. The lowest BCUT2D eigenvalue weighted by molar-refractivity contribution is 0.728. The zero-order chi connectivity index (χ0) is 9.62. The molecule has 1 aliphatic rings. The van der Waals surface area contributed by atoms with Crippen LogP contribution in [0.15, 0.2) is 13.5 Å². The van der Waals surface area contributed by atoms with Crippen LogP contribution >= 0.6 is 64.6 Å². The fourth-order valence-corrected chi connectivity index (χ4v) is 12.6. The minimum atomic E-state index is -4.85. The first-order valence-corrected chi connectivity index (χ1v) is 10.7. The third-order valence-electron chi connectivity index (χ3n) is 0.646. The van der Waals surface area contributed by atoms with Gasteiger partial charge in [0.05, 0.1) is 0 Å². The Morgan fingerprint density at radius 1 is 0.750 bits per heavy atom. The Labute approximate surface area is 86.5 Å². The van der Waals surface area contributed by atoms with Crippen LogP contribution in [0, 0.1) is 0 Å². The number of nitrogens with zero attached hydrogens (tertiary/aromatic N) is 3. The maximum atomic E-state index is 12.6. The van der Waals surface area contributed by atoms with E-state index >= 15 is 0 Å². The second kappa shape index (κ2) is 3.38. The summed E-state index contributed by atoms with van der Waals surface area (Å²) in [7, 11) is -4.85. The average molecular weight is 315 g/mol. The summed E-state index contributed by atoms with van der Waals surface area (Å²) in [6.45, 7) is 0. The van der Waals surface area contributed by atoms with Gasteiger partial charge in [-0.25, -0.2) is 0 Å². The summed E-state index contributed by atoms with van der Waals surface area (Å²) in [6, 6.07) is 0. The van der Waals surface area contributed by atoms with Crippen molar-refractivity contribution in [3.8, 4) is 0 Å². The average Bonchev–Trinajstić information content (AvgIpc) is 1.44. The van der Waals surface area contributed by atoms with E-state index < -0.39 is 19.6 Å². The molecule has 0 atom stereocenters. The van der Waals surface area contributed by atoms with Crippen molar-refractivity contribution in [3.05, 3.63) is 0 Å². The summed E-state index contributed by atoms with van der Waals surface area (Å²) in [5.41, 5.74) is 0. The molecule has 0 bridgehead atoms. The van der Waals surface area contributed by atoms with E-state index in [4.69, 9.17) is 45.0 Å². The molecule has 72 valence electrons. The zero-order valence-corrected chi connectivity index (χ0v) is 10.7. The van der Waals surface area contributed by atoms with E-state index in [9.17, 15) is 8.39 Å². The topological polar surface area (TPSA) is 37.1 Å². The molecule has 0 saturated heterocycles. The Hall–Kier alpha value is 1.71. The van der Waals surface area contributed by atoms with Gasteiger partial charge in [-0.2, -0.15) is 13.5 Å². The van der Waals surface area contributed by atoms with E-state index in [1.54, 1.807) is 0 Å². The van der Waals surface area contributed by atoms with Crippen molar-refractivity contribution in [2.24, 2.45) is 13.5 Å². The predicted molar refractivity (Wildman–Crippen MR) is 53.7 cm³/mol. The summed E-state index contributed by atoms with van der Waals surface area (Å²) in [6.07, 6.45) is 0. The Morgan fingerprint density at radius 3 is 1.50 bits per heavy atom. The molecule has 0 aromatic carbocycles. The van der Waals surface area contributed by atoms with Gasteiger partial charge in [-0.05, 0) is 45.0 Å². The largest absolute Gasteiger partial charge is 0.421 e. The highest BCUT2D eigenvalue weighted by atomic mass is 35.9. The van der Waals surface area contributed by atoms with Gasteiger partial charge in [0.15, 0.2) is 0 Å². The maximum Gasteiger partial charge on any atom is 0.421 e. The van der Waals surface area contributed by atoms with Crippen LogP contribution < -0.4 is 0 Å². The lowest BCUT2D eigenvalue weighted by atomic mass is 13.8. The SMILES string of the molecule is FP1(F)=NP(Cl)(Cl)=NP(Cl)(Cl)=N1. The number of halogens is 6. The van der Waals surface area contributed by atoms with Gasteiger partial charge in [0, 0.05) is 0 Å². The first kappa shape index (κ1) is 11.8. The van der Waals surface area contributed by atoms with Gasteiger partial charge in [-0.15, -0.1) is 8.39 Å². The summed E-state index contributed by atoms with van der Waals surface area (Å²) in [5.74, 6) is -6.79. The van der Waals surface area contributed by atoms with Gasteiger partial charge in [-0.3, -0.25) is 0 Å². The van der Waals surface area contributed by atoms with E-state index in [1.807, 2.05) is 0 Å². The minimum absolute atomic E-state index is 2.79. The van der Waals surface area contributed by atoms with Gasteiger partial charge in [-0.1, -0.05) is 0 Å². The van der Waals surface area contributed by atoms with E-state index in [1.165, 1.54) is 0 Å². The summed E-state index contributed by atoms with van der Waals surface area (Å²) >= 11 is 21.3. The standard InChI is InChI=1S/Cl4F2N3P3/c1-10(2)7-11(3,4)9-12(5,6)8-10. The molecule has 0 saturated carbocycles. The molecule has 1 rings (SSSR count). The van der Waals surface area contributed by atoms with Gasteiger partial charge in [0.2, 0.25) is 0 Å². The van der Waals surface area contributed by atoms with Crippen LogP contribution in [-0.4, -0.2) is 0 Å². The van der Waals surface area contributed by atoms with Gasteiger partial charge in [0.25, 0.3) is 11.8 Å². The third kappa shape index (κ3) is 3.46. The van der Waals surface area contributed by atoms with E-state index in [0.29, 0.717) is 0 Å². The van der Waals surface area contributed by atoms with Crippen molar-refractivity contribution in [1.82, 2.24) is 0 Å². The fraction of sp³-hybridized carbons (Fsp3) is 0. The van der Waals surface area contributed by atoms with Crippen LogP contribution in [0.4, 0.5) is 8.39 Å². The van der Waals surface area contributed by atoms with Crippen molar-refractivity contribution < 1.29 is 8.39 Å². The van der Waals surface area contributed by atoms with E-state index in [-0.39, 0.29) is 0 Å². The zero-order valence-electron chi connectivity index (χ0n) is 4.95. The lowest BCUT2D eigenvalue weighted by Gasteiger charge is -2.14. The van der Waals surface area contributed by atoms with Crippen molar-refractivity contribution in [2.75, 3.05) is 0 Å². The van der Waals surface area contributed by atoms with Crippen LogP contribution in [0.25, 0.3) is 0 Å². The molecule has 0 N–H and O–H groups in total. The molecule has 1 aliphatic heterocycles. The highest BCUT2D eigenvalue weighted by Crippen LogP contribution is 2.86. The number of rotatable bonds is 0. The van der Waals surface area contributed by atoms with Crippen LogP contribution in [0.2, 0.25) is 0 Å². The first-order chi connectivity index (χ1) is 5.12. The molecule has 0 radical (unpaired) electrons. The van der Waals surface area contributed by atoms with Crippen LogP contribution in [0.1, 0.15) is 0 Å². The third-order valence-corrected chi connectivity index (χ3v) is 10.7. The monoisotopic (exact) mass is 313 g/mol. The smallest absolute Gasteiger partial charge is 0.185 e. The van der Waals surface area contributed by atoms with Crippen LogP contribution in [-0.2, 0) is 0 Å². The second-order valence-electron chi connectivity index (χ2n) is 1.64. The van der Waals surface area contributed by atoms with Crippen LogP contribution in [0.5, 0.6) is 0 Å². The maximum absolute atomic E-state index is 12.6. The highest BCUT2D eigenvalue weighted by Gasteiger charge is 2.33. The predicted octanol–water partition coefficient (Wildman–Crippen LogP) is 6.73. The molecular weight excluding hydrogens is 315 g/mol. The van der Waals surface area contributed by atoms with Crippen molar-refractivity contribution in [2.45, 2.75) is 0 Å². The number of hydrogen-bond acceptors (Lipinski definition) is 3. The molecule has 3 nitrogen and oxygen atoms in total. The quantitative estimate of drug-likeness (QED) is 0.444. The molecule has 0 spiro atoms. The molecule has 0 aromatic heterocycles. The van der Waals surface area contributed by atoms with Crippen molar-refractivity contribution in [3.63, 3.8) is 0 Å². The fourth-order valence-electron chi connectivity index (χ4n) is 0.442. The molecule has 12 heteroatoms. The number of hydrogen-bond donors (Lipinski definition) is 0. The molecule has 12 heavy (non-hydrogen) atoms. The lowest BCUT2D eigenvalue weighted by Crippen LogP contribution is -1.64. The first-order valence-electron chi connectivity index (χ1n) is 2.21. The molecule has 0 unspecified atom stereocenters. The molecule has 0 aliphatic carbocycles. The minimum Gasteiger partial charge on any atom is -0.185 e. The van der Waals surface area contributed by atoms with E-state index in [2.05, 4.69) is 13.5 Å².